The number of carbonyl (C=O) groups is 5. The van der Waals surface area contributed by atoms with Crippen LogP contribution in [0, 0.1) is 18.8 Å². The molecule has 0 radical (unpaired) electrons. The highest BCUT2D eigenvalue weighted by Crippen LogP contribution is 2.52. The number of aromatic amines is 1. The van der Waals surface area contributed by atoms with Gasteiger partial charge in [-0.15, -0.1) is 11.3 Å². The number of likely N-dealkylation sites (tertiary alicyclic amines) is 1. The van der Waals surface area contributed by atoms with Gasteiger partial charge in [0.2, 0.25) is 11.9 Å². The average Bonchev–Trinajstić information content (AvgIpc) is 1.59. The molecular weight excluding hydrogens is 1970 g/mol. The van der Waals surface area contributed by atoms with Crippen LogP contribution in [0.15, 0.2) is 261 Å². The molecule has 5 amide bonds. The monoisotopic (exact) mass is 2080 g/mol. The third-order valence-electron chi connectivity index (χ3n) is 28.8. The Labute approximate surface area is 865 Å². The molecule has 13 N–H and O–H groups in total. The van der Waals surface area contributed by atoms with Crippen LogP contribution >= 0.6 is 11.3 Å². The van der Waals surface area contributed by atoms with E-state index in [0.29, 0.717) is 86.3 Å². The van der Waals surface area contributed by atoms with Crippen molar-refractivity contribution >= 4 is 76.4 Å². The lowest BCUT2D eigenvalue weighted by atomic mass is 9.66. The first-order valence-electron chi connectivity index (χ1n) is 49.1. The van der Waals surface area contributed by atoms with Gasteiger partial charge in [0.05, 0.1) is 17.6 Å². The number of aryl methyl sites for hydroxylation is 1. The van der Waals surface area contributed by atoms with Crippen LogP contribution in [0.3, 0.4) is 0 Å². The SMILES string of the molecule is CC1CCN(c2cccc(C3(c4ccc(OC(F)F)cc4)N=C(N)N(C)C3=O)c2)C1.CN1C(=O)C(c2ccc(OC(F)F)cc2)(C2CCC(N)C(c3cccs3)C2)N=C1N.CN1C(=O)C(c2ccc(OC(F)F)cc2)(c2ccc(CN3CCCC3)[nH]2)N=C1N.CN1C(=O)C(c2ccc(OC(F)F)cc2)(c2cccc(C3CCCCC3)c2)N=C1N.Cc1cc(C2(c3cccc(-c4cnccn4)c3)N=C(N)N(C)C2=O)ccc1OC(C)F. The van der Waals surface area contributed by atoms with Gasteiger partial charge in [-0.2, -0.15) is 35.1 Å². The molecule has 10 heterocycles. The van der Waals surface area contributed by atoms with Crippen LogP contribution in [0.4, 0.5) is 45.2 Å². The highest BCUT2D eigenvalue weighted by atomic mass is 32.1. The average molecular weight is 2090 g/mol. The fraction of sp³-hybridized carbons (Fsp3) is 0.358. The first-order valence-corrected chi connectivity index (χ1v) is 50.0. The summed E-state index contributed by atoms with van der Waals surface area (Å²) in [5.74, 6) is 0.755. The number of hydrogen-bond donors (Lipinski definition) is 7. The Morgan fingerprint density at radius 1 is 0.447 bits per heavy atom. The Morgan fingerprint density at radius 2 is 0.907 bits per heavy atom. The minimum atomic E-state index is -2.92. The Morgan fingerprint density at radius 3 is 1.36 bits per heavy atom. The summed E-state index contributed by atoms with van der Waals surface area (Å²) in [4.78, 5) is 114. The number of rotatable bonds is 26. The second kappa shape index (κ2) is 45.4. The maximum Gasteiger partial charge on any atom is 0.387 e. The van der Waals surface area contributed by atoms with Gasteiger partial charge in [-0.1, -0.05) is 141 Å². The maximum atomic E-state index is 13.5. The zero-order chi connectivity index (χ0) is 107. The first kappa shape index (κ1) is 107. The number of nitrogens with zero attached hydrogens (tertiary/aromatic N) is 14. The molecule has 788 valence electrons. The van der Waals surface area contributed by atoms with Crippen LogP contribution in [0.1, 0.15) is 168 Å². The molecule has 0 spiro atoms. The van der Waals surface area contributed by atoms with Gasteiger partial charge in [-0.25, -0.2) is 29.4 Å². The fourth-order valence-corrected chi connectivity index (χ4v) is 21.9. The van der Waals surface area contributed by atoms with Gasteiger partial charge in [-0.3, -0.25) is 63.3 Å². The lowest BCUT2D eigenvalue weighted by molar-refractivity contribution is -0.133. The van der Waals surface area contributed by atoms with Crippen molar-refractivity contribution in [2.75, 3.05) is 66.3 Å². The van der Waals surface area contributed by atoms with Gasteiger partial charge in [0.15, 0.2) is 52.0 Å². The maximum absolute atomic E-state index is 13.5. The van der Waals surface area contributed by atoms with Crippen molar-refractivity contribution in [2.24, 2.45) is 71.2 Å². The van der Waals surface area contributed by atoms with Crippen LogP contribution in [0.5, 0.6) is 28.7 Å². The number of aliphatic imine (C=N–C) groups is 5. The minimum absolute atomic E-state index is 0.00864. The number of nitrogens with one attached hydrogen (secondary N) is 1. The molecule has 2 saturated heterocycles. The van der Waals surface area contributed by atoms with E-state index in [-0.39, 0.29) is 100 Å². The van der Waals surface area contributed by atoms with Crippen molar-refractivity contribution in [3.8, 4) is 40.0 Å². The Bertz CT molecular complexity index is 6680. The van der Waals surface area contributed by atoms with Gasteiger partial charge in [0, 0.05) is 108 Å². The standard InChI is InChI=1S/C23H25F2N3O2.C23H22FN5O2.C22H24F2N4O2.C21H24F2N4O2S.C20H23F2N5O2/c1-28-20(29)23(27-22(28)26,17-10-12-19(13-11-17)30-21(24)25)18-9-5-8-16(14-18)15-6-3-2-4-7-15;1-14-11-18(7-8-20(14)31-15(2)24)23(21(30)29(3)22(25)28-23)17-6-4-5-16(12-17)19-13-26-9-10-27-19;1-14-10-11-28(13-14)17-5-3-4-16(12-17)22(19(29)27(2)21(25)26-22)15-6-8-18(9-7-15)30-20(23)24;1-27-18(28)21(26-20(27)25,12-4-7-14(8-5-12)29-19(22)23)13-6-9-16(24)15(11-13)17-3-2-10-30-17;1-26-17(28)20(25-19(26)23,13-4-7-15(8-5-13)29-18(21)22)16-9-6-14(24-16)12-27-10-2-3-11-27/h5,8-15,21H,2-4,6-7H2,1H3,(H2,26,27);4-13,15H,1-3H3,(H2,25,28);3-9,12,14,20H,10-11,13H2,1-2H3,(H2,25,26);2-5,7-8,10,13,15-16,19H,6,9,11,24H2,1H3,(H2,25,26);4-9,18,24H,2-3,10-12H2,1H3,(H2,23,25). The molecule has 2 aliphatic carbocycles. The minimum Gasteiger partial charge on any atom is -0.460 e. The van der Waals surface area contributed by atoms with Crippen molar-refractivity contribution < 1.29 is 87.2 Å². The largest absolute Gasteiger partial charge is 0.460 e. The van der Waals surface area contributed by atoms with Gasteiger partial charge < -0.3 is 68.0 Å². The zero-order valence-corrected chi connectivity index (χ0v) is 84.5. The number of hydrogen-bond acceptors (Lipinski definition) is 26. The molecule has 8 aromatic carbocycles. The Balaban J connectivity index is 0.000000133. The van der Waals surface area contributed by atoms with Crippen LogP contribution < -0.4 is 63.0 Å². The molecule has 3 aromatic heterocycles. The highest BCUT2D eigenvalue weighted by molar-refractivity contribution is 7.10. The number of amides is 5. The predicted molar refractivity (Wildman–Crippen MR) is 551 cm³/mol. The fourth-order valence-electron chi connectivity index (χ4n) is 21.0. The van der Waals surface area contributed by atoms with Crippen LogP contribution in [-0.2, 0) is 58.2 Å². The molecule has 4 fully saturated rings. The molecule has 31 nitrogen and oxygen atoms in total. The number of anilines is 1. The van der Waals surface area contributed by atoms with Gasteiger partial charge in [0.25, 0.3) is 29.5 Å². The number of thiophene rings is 1. The lowest BCUT2D eigenvalue weighted by Crippen LogP contribution is -2.48. The first-order chi connectivity index (χ1) is 71.8. The van der Waals surface area contributed by atoms with E-state index in [1.807, 2.05) is 90.3 Å². The van der Waals surface area contributed by atoms with E-state index in [0.717, 1.165) is 80.9 Å². The molecule has 11 aromatic rings. The molecule has 7 aliphatic heterocycles. The van der Waals surface area contributed by atoms with Gasteiger partial charge >= 0.3 is 26.4 Å². The molecular formula is C109H118F9N21O10S. The predicted octanol–water partition coefficient (Wildman–Crippen LogP) is 16.2. The third-order valence-corrected chi connectivity index (χ3v) is 29.8. The number of likely N-dealkylation sites (N-methyl/N-ethyl adjacent to an activating group) is 5. The summed E-state index contributed by atoms with van der Waals surface area (Å²) in [6.45, 7) is -1.56. The number of H-pyrrole nitrogens is 1. The number of alkyl halides is 9. The molecule has 10 unspecified atom stereocenters. The number of nitrogens with two attached hydrogens (primary N) is 6. The Hall–Kier alpha value is -15.4. The van der Waals surface area contributed by atoms with Crippen LogP contribution in [0.2, 0.25) is 0 Å². The zero-order valence-electron chi connectivity index (χ0n) is 83.7. The molecule has 10 atom stereocenters. The second-order valence-electron chi connectivity index (χ2n) is 38.2. The van der Waals surface area contributed by atoms with E-state index in [4.69, 9.17) is 39.1 Å². The number of benzene rings is 8. The lowest BCUT2D eigenvalue weighted by Gasteiger charge is -2.41. The van der Waals surface area contributed by atoms with Gasteiger partial charge in [0.1, 0.15) is 28.7 Å². The number of aromatic nitrogens is 3. The van der Waals surface area contributed by atoms with E-state index in [1.54, 1.807) is 139 Å². The third kappa shape index (κ3) is 21.9. The summed E-state index contributed by atoms with van der Waals surface area (Å²) in [6.07, 6.45) is 15.0. The van der Waals surface area contributed by atoms with Crippen molar-refractivity contribution in [2.45, 2.75) is 176 Å². The van der Waals surface area contributed by atoms with Crippen molar-refractivity contribution in [3.05, 3.63) is 308 Å². The summed E-state index contributed by atoms with van der Waals surface area (Å²) >= 11 is 1.66. The van der Waals surface area contributed by atoms with E-state index in [1.165, 1.54) is 122 Å². The summed E-state index contributed by atoms with van der Waals surface area (Å²) < 4.78 is 136. The summed E-state index contributed by atoms with van der Waals surface area (Å²) in [5.41, 5.74) is 40.7. The Kier molecular flexibility index (Phi) is 32.5. The van der Waals surface area contributed by atoms with Crippen LogP contribution in [0.25, 0.3) is 11.3 Å². The quantitative estimate of drug-likeness (QED) is 0.0248. The number of halogens is 9. The second-order valence-corrected chi connectivity index (χ2v) is 39.2. The molecule has 9 aliphatic rings. The molecule has 41 heteroatoms. The van der Waals surface area contributed by atoms with Crippen molar-refractivity contribution in [1.29, 1.82) is 0 Å². The summed E-state index contributed by atoms with van der Waals surface area (Å²) in [5, 5.41) is 2.02. The molecule has 0 bridgehead atoms. The van der Waals surface area contributed by atoms with Crippen molar-refractivity contribution in [3.63, 3.8) is 0 Å². The number of ether oxygens (including phenoxy) is 5. The molecule has 2 saturated carbocycles. The summed E-state index contributed by atoms with van der Waals surface area (Å²) in [7, 11) is 7.91. The van der Waals surface area contributed by atoms with Crippen LogP contribution in [-0.4, -0.2) is 204 Å². The van der Waals surface area contributed by atoms with Crippen molar-refractivity contribution in [1.82, 2.24) is 44.4 Å². The smallest absolute Gasteiger partial charge is 0.387 e. The number of carbonyl (C=O) groups excluding carboxylic acids is 5. The van der Waals surface area contributed by atoms with E-state index < -0.39 is 60.5 Å². The molecule has 150 heavy (non-hydrogen) atoms. The highest BCUT2D eigenvalue weighted by Gasteiger charge is 2.58. The topological polar surface area (TPSA) is 414 Å². The van der Waals surface area contributed by atoms with Gasteiger partial charge in [-0.05, 0) is 247 Å². The molecule has 20 rings (SSSR count). The number of guanidine groups is 5. The summed E-state index contributed by atoms with van der Waals surface area (Å²) in [6, 6.07) is 60.2. The van der Waals surface area contributed by atoms with E-state index in [9.17, 15) is 63.5 Å². The van der Waals surface area contributed by atoms with E-state index >= 15 is 0 Å². The normalized spacial score (nSPS) is 23.5. The van der Waals surface area contributed by atoms with E-state index in [2.05, 4.69) is 87.7 Å².